The number of rotatable bonds is 0. The zero-order chi connectivity index (χ0) is 3.58. The van der Waals surface area contributed by atoms with Crippen LogP contribution in [-0.4, -0.2) is 46.9 Å². The van der Waals surface area contributed by atoms with Gasteiger partial charge in [-0.1, -0.05) is 0 Å². The van der Waals surface area contributed by atoms with E-state index in [2.05, 4.69) is 0 Å². The topological polar surface area (TPSA) is 63.2 Å². The molecule has 0 aromatic rings. The molecule has 0 unspecified atom stereocenters. The first-order chi connectivity index (χ1) is 1.73. The van der Waals surface area contributed by atoms with E-state index < -0.39 is 9.17 Å². The van der Waals surface area contributed by atoms with E-state index in [1.54, 1.807) is 0 Å². The molecule has 0 aromatic carbocycles. The summed E-state index contributed by atoms with van der Waals surface area (Å²) in [6, 6.07) is 0. The second-order valence-corrected chi connectivity index (χ2v) is 0.750. The second kappa shape index (κ2) is 16.3. The van der Waals surface area contributed by atoms with Crippen LogP contribution >= 0.6 is 0 Å². The minimum Gasteiger partial charge on any atom is -0.672 e. The zero-order valence-corrected chi connectivity index (χ0v) is 12.8. The summed E-state index contributed by atoms with van der Waals surface area (Å²) in [5.41, 5.74) is 0. The van der Waals surface area contributed by atoms with Crippen LogP contribution in [0.1, 0.15) is 0 Å². The normalized spacial score (nSPS) is 3.43. The number of hydrogen-bond acceptors (Lipinski definition) is 3. The smallest absolute Gasteiger partial charge is 0.672 e. The Kier molecular flexibility index (Phi) is 52.1. The third kappa shape index (κ3) is 43.5. The minimum atomic E-state index is -3.63. The van der Waals surface area contributed by atoms with Gasteiger partial charge in [0.2, 0.25) is 0 Å². The fraction of sp³-hybridized carbons (Fsp3) is 0. The molecule has 0 aliphatic rings. The molecule has 0 N–H and O–H groups in total. The fourth-order valence-electron chi connectivity index (χ4n) is 0. The van der Waals surface area contributed by atoms with E-state index in [0.717, 1.165) is 0 Å². The predicted octanol–water partition coefficient (Wildman–Crippen LogP) is -9.25. The molecule has 0 heterocycles. The van der Waals surface area contributed by atoms with Gasteiger partial charge in [-0.3, -0.25) is 0 Å². The summed E-state index contributed by atoms with van der Waals surface area (Å²) in [6.45, 7) is 0. The van der Waals surface area contributed by atoms with Crippen LogP contribution in [0.4, 0.5) is 0 Å². The summed E-state index contributed by atoms with van der Waals surface area (Å²) < 4.78 is 8.52. The van der Waals surface area contributed by atoms with Crippen molar-refractivity contribution in [1.82, 2.24) is 0 Å². The van der Waals surface area contributed by atoms with Gasteiger partial charge in [0.25, 0.3) is 0 Å². The van der Waals surface area contributed by atoms with Crippen LogP contribution in [0.15, 0.2) is 0 Å². The molecule has 0 saturated carbocycles. The Morgan fingerprint density at radius 3 is 1.29 bits per heavy atom. The molecule has 0 atom stereocenters. The van der Waals surface area contributed by atoms with E-state index in [0.29, 0.717) is 0 Å². The zero-order valence-electron chi connectivity index (χ0n) is 4.43. The van der Waals surface area contributed by atoms with Gasteiger partial charge < -0.3 is 14.1 Å². The van der Waals surface area contributed by atoms with Crippen LogP contribution in [0.3, 0.4) is 0 Å². The molecular formula is CaKNaO3Si+2. The van der Waals surface area contributed by atoms with Crippen molar-refractivity contribution in [3.8, 4) is 0 Å². The van der Waals surface area contributed by atoms with Crippen molar-refractivity contribution in [3.05, 3.63) is 0 Å². The van der Waals surface area contributed by atoms with E-state index >= 15 is 0 Å². The van der Waals surface area contributed by atoms with Crippen molar-refractivity contribution in [1.29, 1.82) is 0 Å². The Morgan fingerprint density at radius 2 is 1.29 bits per heavy atom. The maximum absolute atomic E-state index is 8.52. The molecule has 0 bridgehead atoms. The minimum absolute atomic E-state index is 0. The van der Waals surface area contributed by atoms with Crippen molar-refractivity contribution < 1.29 is 95.0 Å². The standard InChI is InChI=1S/Ca.K.Na.O3Si/c;;;1-4(2)3/q+2;2*+1;-2. The Labute approximate surface area is 138 Å². The van der Waals surface area contributed by atoms with Crippen LogP contribution in [0, 0.1) is 0 Å². The van der Waals surface area contributed by atoms with E-state index in [9.17, 15) is 0 Å². The van der Waals surface area contributed by atoms with Crippen LogP contribution in [0.2, 0.25) is 0 Å². The molecule has 0 saturated heterocycles. The average molecular weight is 178 g/mol. The summed E-state index contributed by atoms with van der Waals surface area (Å²) in [7, 11) is -3.63. The Hall–Kier alpha value is 3.51. The monoisotopic (exact) mass is 178 g/mol. The quantitative estimate of drug-likeness (QED) is 0.346. The van der Waals surface area contributed by atoms with Crippen LogP contribution in [-0.2, 0) is 4.46 Å². The van der Waals surface area contributed by atoms with Gasteiger partial charge in [-0.05, 0) is 0 Å². The van der Waals surface area contributed by atoms with Gasteiger partial charge in [0, 0.05) is 9.17 Å². The maximum Gasteiger partial charge on any atom is 2.00 e. The third-order valence-corrected chi connectivity index (χ3v) is 0. The van der Waals surface area contributed by atoms with Crippen LogP contribution in [0.5, 0.6) is 0 Å². The molecule has 0 rings (SSSR count). The third-order valence-electron chi connectivity index (χ3n) is 0. The molecule has 0 aliphatic carbocycles. The van der Waals surface area contributed by atoms with Crippen LogP contribution < -0.4 is 90.5 Å². The van der Waals surface area contributed by atoms with Gasteiger partial charge in [0.05, 0.1) is 0 Å². The maximum atomic E-state index is 8.52. The van der Waals surface area contributed by atoms with Gasteiger partial charge in [-0.25, -0.2) is 0 Å². The molecule has 0 aliphatic heterocycles. The van der Waals surface area contributed by atoms with Crippen molar-refractivity contribution in [3.63, 3.8) is 0 Å². The summed E-state index contributed by atoms with van der Waals surface area (Å²) in [5, 5.41) is 0. The molecule has 24 valence electrons. The first-order valence-electron chi connectivity index (χ1n) is 0.612. The fourth-order valence-corrected chi connectivity index (χ4v) is 0. The molecule has 7 heteroatoms. The van der Waals surface area contributed by atoms with Crippen molar-refractivity contribution in [2.75, 3.05) is 0 Å². The van der Waals surface area contributed by atoms with Gasteiger partial charge >= 0.3 is 119 Å². The SMILES string of the molecule is O=[Si]([O-])[O-].[Ca+2].[K+].[Na+]. The van der Waals surface area contributed by atoms with Gasteiger partial charge in [-0.15, -0.1) is 0 Å². The van der Waals surface area contributed by atoms with E-state index in [1.807, 2.05) is 0 Å². The molecule has 7 heavy (non-hydrogen) atoms. The van der Waals surface area contributed by atoms with Gasteiger partial charge in [0.1, 0.15) is 0 Å². The van der Waals surface area contributed by atoms with E-state index in [4.69, 9.17) is 14.1 Å². The predicted molar refractivity (Wildman–Crippen MR) is 12.2 cm³/mol. The van der Waals surface area contributed by atoms with Crippen LogP contribution in [0.25, 0.3) is 0 Å². The molecular weight excluding hydrogens is 178 g/mol. The van der Waals surface area contributed by atoms with E-state index in [-0.39, 0.29) is 119 Å². The Bertz CT molecular complexity index is 37.9. The Balaban J connectivity index is -0.0000000150. The largest absolute Gasteiger partial charge is 2.00 e. The first kappa shape index (κ1) is 22.4. The van der Waals surface area contributed by atoms with Gasteiger partial charge in [0.15, 0.2) is 0 Å². The molecule has 0 fully saturated rings. The van der Waals surface area contributed by atoms with Crippen molar-refractivity contribution >= 4 is 46.9 Å². The molecule has 0 spiro atoms. The van der Waals surface area contributed by atoms with Crippen molar-refractivity contribution in [2.24, 2.45) is 0 Å². The van der Waals surface area contributed by atoms with Crippen molar-refractivity contribution in [2.45, 2.75) is 0 Å². The molecule has 3 nitrogen and oxygen atoms in total. The summed E-state index contributed by atoms with van der Waals surface area (Å²) in [5.74, 6) is 0. The Morgan fingerprint density at radius 1 is 1.29 bits per heavy atom. The molecule has 0 aromatic heterocycles. The summed E-state index contributed by atoms with van der Waals surface area (Å²) in [6.07, 6.45) is 0. The van der Waals surface area contributed by atoms with E-state index in [1.165, 1.54) is 0 Å². The molecule has 0 radical (unpaired) electrons. The first-order valence-corrected chi connectivity index (χ1v) is 1.84. The van der Waals surface area contributed by atoms with Gasteiger partial charge in [-0.2, -0.15) is 0 Å². The summed E-state index contributed by atoms with van der Waals surface area (Å²) >= 11 is 0. The second-order valence-electron chi connectivity index (χ2n) is 0.250. The summed E-state index contributed by atoms with van der Waals surface area (Å²) in [4.78, 5) is 17.0. The average Bonchev–Trinajstić information content (AvgIpc) is 0.811. The number of hydrogen-bond donors (Lipinski definition) is 0. The molecule has 0 amide bonds.